The predicted molar refractivity (Wildman–Crippen MR) is 96.5 cm³/mol. The van der Waals surface area contributed by atoms with Gasteiger partial charge in [0, 0.05) is 29.5 Å². The second-order valence-corrected chi connectivity index (χ2v) is 5.81. The van der Waals surface area contributed by atoms with Crippen LogP contribution in [-0.4, -0.2) is 11.5 Å². The van der Waals surface area contributed by atoms with Crippen molar-refractivity contribution < 1.29 is 4.42 Å². The van der Waals surface area contributed by atoms with Crippen LogP contribution in [-0.2, 0) is 0 Å². The van der Waals surface area contributed by atoms with Crippen LogP contribution in [0.15, 0.2) is 46.9 Å². The fourth-order valence-corrected chi connectivity index (χ4v) is 2.58. The van der Waals surface area contributed by atoms with E-state index < -0.39 is 0 Å². The summed E-state index contributed by atoms with van der Waals surface area (Å²) in [6.45, 7) is 3.24. The average molecular weight is 309 g/mol. The number of hydrogen-bond acceptors (Lipinski definition) is 4. The highest BCUT2D eigenvalue weighted by Gasteiger charge is 2.08. The molecule has 4 nitrogen and oxygen atoms in total. The number of nitrogen functional groups attached to an aromatic ring is 1. The van der Waals surface area contributed by atoms with Gasteiger partial charge in [-0.05, 0) is 42.8 Å². The Balaban J connectivity index is 1.66. The number of nitrogens with zero attached hydrogens (tertiary/aromatic N) is 1. The zero-order chi connectivity index (χ0) is 16.1. The van der Waals surface area contributed by atoms with Crippen molar-refractivity contribution >= 4 is 22.5 Å². The van der Waals surface area contributed by atoms with Gasteiger partial charge >= 0.3 is 0 Å². The highest BCUT2D eigenvalue weighted by atomic mass is 16.3. The molecule has 120 valence electrons. The fraction of sp³-hybridized carbons (Fsp3) is 0.316. The topological polar surface area (TPSA) is 64.1 Å². The molecule has 0 aliphatic carbocycles. The number of benzene rings is 2. The van der Waals surface area contributed by atoms with Gasteiger partial charge in [0.05, 0.1) is 0 Å². The van der Waals surface area contributed by atoms with Crippen LogP contribution in [0.3, 0.4) is 0 Å². The van der Waals surface area contributed by atoms with Gasteiger partial charge in [0.15, 0.2) is 5.58 Å². The van der Waals surface area contributed by atoms with E-state index in [-0.39, 0.29) is 0 Å². The zero-order valence-corrected chi connectivity index (χ0v) is 13.5. The molecule has 0 atom stereocenters. The van der Waals surface area contributed by atoms with Gasteiger partial charge in [0.2, 0.25) is 5.89 Å². The van der Waals surface area contributed by atoms with Gasteiger partial charge < -0.3 is 15.5 Å². The van der Waals surface area contributed by atoms with Crippen molar-refractivity contribution in [2.75, 3.05) is 17.6 Å². The Morgan fingerprint density at radius 3 is 2.65 bits per heavy atom. The molecule has 0 fully saturated rings. The molecule has 1 aromatic heterocycles. The van der Waals surface area contributed by atoms with Crippen LogP contribution in [0.1, 0.15) is 32.6 Å². The molecule has 0 radical (unpaired) electrons. The van der Waals surface area contributed by atoms with Gasteiger partial charge in [-0.2, -0.15) is 0 Å². The van der Waals surface area contributed by atoms with E-state index in [0.717, 1.165) is 28.9 Å². The lowest BCUT2D eigenvalue weighted by atomic mass is 10.2. The molecule has 0 aliphatic rings. The van der Waals surface area contributed by atoms with Crippen LogP contribution >= 0.6 is 0 Å². The maximum absolute atomic E-state index is 5.79. The minimum atomic E-state index is 0.625. The summed E-state index contributed by atoms with van der Waals surface area (Å²) in [7, 11) is 0. The second-order valence-electron chi connectivity index (χ2n) is 5.81. The Labute approximate surface area is 136 Å². The number of aromatic nitrogens is 1. The number of oxazole rings is 1. The zero-order valence-electron chi connectivity index (χ0n) is 13.5. The number of rotatable bonds is 7. The van der Waals surface area contributed by atoms with Crippen molar-refractivity contribution in [3.63, 3.8) is 0 Å². The summed E-state index contributed by atoms with van der Waals surface area (Å²) in [5, 5.41) is 3.45. The largest absolute Gasteiger partial charge is 0.436 e. The van der Waals surface area contributed by atoms with Crippen LogP contribution in [0.2, 0.25) is 0 Å². The van der Waals surface area contributed by atoms with Gasteiger partial charge in [-0.3, -0.25) is 0 Å². The van der Waals surface area contributed by atoms with E-state index in [1.165, 1.54) is 25.7 Å². The Hall–Kier alpha value is -2.49. The first-order valence-electron chi connectivity index (χ1n) is 8.26. The van der Waals surface area contributed by atoms with E-state index in [4.69, 9.17) is 10.2 Å². The van der Waals surface area contributed by atoms with Crippen molar-refractivity contribution in [2.45, 2.75) is 32.6 Å². The van der Waals surface area contributed by atoms with Gasteiger partial charge in [0.1, 0.15) is 5.52 Å². The number of fused-ring (bicyclic) bond motifs is 1. The lowest BCUT2D eigenvalue weighted by Gasteiger charge is -2.06. The quantitative estimate of drug-likeness (QED) is 0.472. The summed E-state index contributed by atoms with van der Waals surface area (Å²) in [4.78, 5) is 4.51. The molecule has 0 aliphatic heterocycles. The summed E-state index contributed by atoms with van der Waals surface area (Å²) in [6, 6.07) is 13.7. The van der Waals surface area contributed by atoms with Crippen LogP contribution in [0.5, 0.6) is 0 Å². The van der Waals surface area contributed by atoms with Crippen LogP contribution in [0, 0.1) is 0 Å². The summed E-state index contributed by atoms with van der Waals surface area (Å²) in [6.07, 6.45) is 5.07. The Bertz CT molecular complexity index is 762. The normalized spacial score (nSPS) is 11.0. The number of nitrogens with two attached hydrogens (primary N) is 1. The smallest absolute Gasteiger partial charge is 0.227 e. The third kappa shape index (κ3) is 3.83. The lowest BCUT2D eigenvalue weighted by molar-refractivity contribution is 0.620. The standard InChI is InChI=1S/C19H23N3O/c1-2-3-4-5-12-21-16-9-6-14(7-10-16)19-22-17-11-8-15(20)13-18(17)23-19/h6-11,13,21H,2-5,12,20H2,1H3. The molecule has 3 aromatic rings. The average Bonchev–Trinajstić information content (AvgIpc) is 2.98. The van der Waals surface area contributed by atoms with Gasteiger partial charge in [-0.1, -0.05) is 26.2 Å². The molecule has 0 amide bonds. The van der Waals surface area contributed by atoms with Crippen molar-refractivity contribution in [1.82, 2.24) is 4.98 Å². The molecule has 3 N–H and O–H groups in total. The second kappa shape index (κ2) is 7.18. The molecule has 0 spiro atoms. The van der Waals surface area contributed by atoms with Crippen molar-refractivity contribution in [1.29, 1.82) is 0 Å². The van der Waals surface area contributed by atoms with E-state index in [0.29, 0.717) is 11.6 Å². The minimum Gasteiger partial charge on any atom is -0.436 e. The van der Waals surface area contributed by atoms with Gasteiger partial charge in [0.25, 0.3) is 0 Å². The van der Waals surface area contributed by atoms with Crippen LogP contribution < -0.4 is 11.1 Å². The predicted octanol–water partition coefficient (Wildman–Crippen LogP) is 5.07. The van der Waals surface area contributed by atoms with Crippen molar-refractivity contribution in [2.24, 2.45) is 0 Å². The highest BCUT2D eigenvalue weighted by Crippen LogP contribution is 2.26. The van der Waals surface area contributed by atoms with E-state index >= 15 is 0 Å². The van der Waals surface area contributed by atoms with E-state index in [9.17, 15) is 0 Å². The Morgan fingerprint density at radius 1 is 1.04 bits per heavy atom. The van der Waals surface area contributed by atoms with Gasteiger partial charge in [-0.15, -0.1) is 0 Å². The summed E-state index contributed by atoms with van der Waals surface area (Å²) in [5.41, 5.74) is 10.1. The molecular formula is C19H23N3O. The van der Waals surface area contributed by atoms with E-state index in [2.05, 4.69) is 29.4 Å². The summed E-state index contributed by atoms with van der Waals surface area (Å²) in [5.74, 6) is 0.625. The third-order valence-corrected chi connectivity index (χ3v) is 3.90. The van der Waals surface area contributed by atoms with E-state index in [1.54, 1.807) is 6.07 Å². The van der Waals surface area contributed by atoms with Crippen LogP contribution in [0.4, 0.5) is 11.4 Å². The molecule has 0 saturated carbocycles. The molecule has 4 heteroatoms. The highest BCUT2D eigenvalue weighted by molar-refractivity contribution is 5.79. The minimum absolute atomic E-state index is 0.625. The summed E-state index contributed by atoms with van der Waals surface area (Å²) < 4.78 is 5.79. The van der Waals surface area contributed by atoms with Crippen LogP contribution in [0.25, 0.3) is 22.6 Å². The number of anilines is 2. The molecule has 0 unspecified atom stereocenters. The Kier molecular flexibility index (Phi) is 4.81. The summed E-state index contributed by atoms with van der Waals surface area (Å²) >= 11 is 0. The maximum atomic E-state index is 5.79. The lowest BCUT2D eigenvalue weighted by Crippen LogP contribution is -2.00. The number of nitrogens with one attached hydrogen (secondary N) is 1. The molecule has 2 aromatic carbocycles. The first-order valence-corrected chi connectivity index (χ1v) is 8.26. The van der Waals surface area contributed by atoms with E-state index in [1.807, 2.05) is 24.3 Å². The molecule has 0 saturated heterocycles. The number of hydrogen-bond donors (Lipinski definition) is 2. The molecule has 0 bridgehead atoms. The third-order valence-electron chi connectivity index (χ3n) is 3.90. The molecule has 3 rings (SSSR count). The SMILES string of the molecule is CCCCCCNc1ccc(-c2nc3ccc(N)cc3o2)cc1. The molecule has 23 heavy (non-hydrogen) atoms. The first-order chi connectivity index (χ1) is 11.3. The van der Waals surface area contributed by atoms with Gasteiger partial charge in [-0.25, -0.2) is 4.98 Å². The number of unbranched alkanes of at least 4 members (excludes halogenated alkanes) is 3. The molecular weight excluding hydrogens is 286 g/mol. The fourth-order valence-electron chi connectivity index (χ4n) is 2.58. The first kappa shape index (κ1) is 15.4. The maximum Gasteiger partial charge on any atom is 0.227 e. The van der Waals surface area contributed by atoms with Crippen molar-refractivity contribution in [3.05, 3.63) is 42.5 Å². The monoisotopic (exact) mass is 309 g/mol. The Morgan fingerprint density at radius 2 is 1.87 bits per heavy atom. The molecule has 1 heterocycles. The van der Waals surface area contributed by atoms with Crippen molar-refractivity contribution in [3.8, 4) is 11.5 Å².